The second-order valence-corrected chi connectivity index (χ2v) is 11.5. The summed E-state index contributed by atoms with van der Waals surface area (Å²) in [6, 6.07) is 3.59. The Morgan fingerprint density at radius 1 is 0.900 bits per heavy atom. The molecule has 0 spiro atoms. The van der Waals surface area contributed by atoms with Gasteiger partial charge in [-0.15, -0.1) is 0 Å². The van der Waals surface area contributed by atoms with Crippen molar-refractivity contribution in [3.05, 3.63) is 30.1 Å². The molecule has 40 heavy (non-hydrogen) atoms. The van der Waals surface area contributed by atoms with Gasteiger partial charge in [-0.3, -0.25) is 9.78 Å². The number of ether oxygens (including phenoxy) is 3. The predicted molar refractivity (Wildman–Crippen MR) is 160 cm³/mol. The van der Waals surface area contributed by atoms with Gasteiger partial charge in [0.05, 0.1) is 25.9 Å². The first-order valence-electron chi connectivity index (χ1n) is 16.1. The third-order valence-electron chi connectivity index (χ3n) is 7.72. The van der Waals surface area contributed by atoms with Crippen molar-refractivity contribution in [1.29, 1.82) is 0 Å². The summed E-state index contributed by atoms with van der Waals surface area (Å²) in [7, 11) is 0. The molecule has 7 nitrogen and oxygen atoms in total. The summed E-state index contributed by atoms with van der Waals surface area (Å²) in [6.07, 6.45) is 25.2. The van der Waals surface area contributed by atoms with Crippen molar-refractivity contribution < 1.29 is 23.8 Å². The van der Waals surface area contributed by atoms with Crippen molar-refractivity contribution in [3.8, 4) is 0 Å². The highest BCUT2D eigenvalue weighted by Crippen LogP contribution is 2.21. The molecule has 2 atom stereocenters. The van der Waals surface area contributed by atoms with Crippen LogP contribution in [0.2, 0.25) is 0 Å². The smallest absolute Gasteiger partial charge is 0.416 e. The van der Waals surface area contributed by atoms with Gasteiger partial charge in [0.15, 0.2) is 0 Å². The largest absolute Gasteiger partial charge is 0.446 e. The quantitative estimate of drug-likeness (QED) is 0.125. The highest BCUT2D eigenvalue weighted by atomic mass is 16.6. The van der Waals surface area contributed by atoms with Crippen molar-refractivity contribution in [2.24, 2.45) is 5.92 Å². The molecule has 0 aromatic carbocycles. The molecule has 1 aliphatic heterocycles. The molecule has 1 saturated heterocycles. The Labute approximate surface area is 243 Å². The van der Waals surface area contributed by atoms with E-state index in [9.17, 15) is 9.59 Å². The van der Waals surface area contributed by atoms with Crippen LogP contribution in [0.3, 0.4) is 0 Å². The van der Waals surface area contributed by atoms with Crippen molar-refractivity contribution in [3.63, 3.8) is 0 Å². The normalized spacial score (nSPS) is 16.8. The average molecular weight is 561 g/mol. The second kappa shape index (κ2) is 22.7. The standard InChI is InChI=1S/C33H56N2O5/c1-3-4-5-6-7-8-9-10-11-12-13-14-15-16-17-18-22-38-26-31-23-32(39-27-31)28-40-33(37)35(29(2)36)25-30-20-19-21-34-24-30/h19-21,24,31-32H,3-18,22-23,25-28H2,1-2H3/t31-,32-/m0/s1. The molecule has 1 aromatic rings. The lowest BCUT2D eigenvalue weighted by atomic mass is 10.0. The van der Waals surface area contributed by atoms with Crippen LogP contribution in [0, 0.1) is 5.92 Å². The molecule has 0 aliphatic carbocycles. The Hall–Kier alpha value is -1.99. The van der Waals surface area contributed by atoms with E-state index < -0.39 is 6.09 Å². The van der Waals surface area contributed by atoms with E-state index in [0.717, 1.165) is 29.9 Å². The number of amides is 2. The number of hydrogen-bond donors (Lipinski definition) is 0. The molecule has 228 valence electrons. The lowest BCUT2D eigenvalue weighted by molar-refractivity contribution is -0.128. The molecule has 0 radical (unpaired) electrons. The first kappa shape index (κ1) is 34.2. The summed E-state index contributed by atoms with van der Waals surface area (Å²) >= 11 is 0. The minimum Gasteiger partial charge on any atom is -0.446 e. The maximum absolute atomic E-state index is 12.5. The Bertz CT molecular complexity index is 775. The van der Waals surface area contributed by atoms with Gasteiger partial charge in [-0.05, 0) is 24.5 Å². The van der Waals surface area contributed by atoms with Gasteiger partial charge in [0, 0.05) is 31.8 Å². The molecule has 0 saturated carbocycles. The third kappa shape index (κ3) is 16.3. The number of imide groups is 1. The Balaban J connectivity index is 1.38. The van der Waals surface area contributed by atoms with E-state index in [-0.39, 0.29) is 25.2 Å². The molecule has 1 aromatic heterocycles. The Kier molecular flexibility index (Phi) is 19.4. The Morgan fingerprint density at radius 2 is 1.50 bits per heavy atom. The van der Waals surface area contributed by atoms with Crippen LogP contribution < -0.4 is 0 Å². The fraction of sp³-hybridized carbons (Fsp3) is 0.788. The first-order valence-corrected chi connectivity index (χ1v) is 16.1. The highest BCUT2D eigenvalue weighted by molar-refractivity contribution is 5.90. The molecular formula is C33H56N2O5. The van der Waals surface area contributed by atoms with Gasteiger partial charge in [0.1, 0.15) is 6.61 Å². The summed E-state index contributed by atoms with van der Waals surface area (Å²) in [5, 5.41) is 0. The van der Waals surface area contributed by atoms with Crippen LogP contribution in [0.5, 0.6) is 0 Å². The minimum atomic E-state index is -0.650. The summed E-state index contributed by atoms with van der Waals surface area (Å²) in [6.45, 7) is 6.03. The number of aromatic nitrogens is 1. The fourth-order valence-corrected chi connectivity index (χ4v) is 5.24. The number of hydrogen-bond acceptors (Lipinski definition) is 6. The second-order valence-electron chi connectivity index (χ2n) is 11.5. The molecule has 2 amide bonds. The molecule has 2 rings (SSSR count). The third-order valence-corrected chi connectivity index (χ3v) is 7.72. The summed E-state index contributed by atoms with van der Waals surface area (Å²) in [5.74, 6) is -0.0365. The summed E-state index contributed by atoms with van der Waals surface area (Å²) in [5.41, 5.74) is 0.772. The molecule has 0 N–H and O–H groups in total. The number of unbranched alkanes of at least 4 members (excludes halogenated alkanes) is 15. The number of carbonyl (C=O) groups excluding carboxylic acids is 2. The van der Waals surface area contributed by atoms with E-state index in [1.165, 1.54) is 103 Å². The van der Waals surface area contributed by atoms with Gasteiger partial charge in [-0.1, -0.05) is 109 Å². The van der Waals surface area contributed by atoms with Crippen LogP contribution in [0.4, 0.5) is 4.79 Å². The molecular weight excluding hydrogens is 504 g/mol. The first-order chi connectivity index (χ1) is 19.6. The zero-order chi connectivity index (χ0) is 28.7. The van der Waals surface area contributed by atoms with E-state index in [2.05, 4.69) is 11.9 Å². The van der Waals surface area contributed by atoms with Crippen LogP contribution in [-0.4, -0.2) is 54.4 Å². The van der Waals surface area contributed by atoms with E-state index in [1.807, 2.05) is 6.07 Å². The van der Waals surface area contributed by atoms with E-state index in [1.54, 1.807) is 18.5 Å². The van der Waals surface area contributed by atoms with E-state index >= 15 is 0 Å². The van der Waals surface area contributed by atoms with Gasteiger partial charge in [-0.2, -0.15) is 0 Å². The zero-order valence-corrected chi connectivity index (χ0v) is 25.5. The Morgan fingerprint density at radius 3 is 2.05 bits per heavy atom. The van der Waals surface area contributed by atoms with Crippen molar-refractivity contribution in [1.82, 2.24) is 9.88 Å². The number of pyridine rings is 1. The van der Waals surface area contributed by atoms with Crippen LogP contribution in [0.15, 0.2) is 24.5 Å². The van der Waals surface area contributed by atoms with Crippen molar-refractivity contribution in [2.45, 2.75) is 136 Å². The number of rotatable bonds is 23. The maximum atomic E-state index is 12.5. The molecule has 0 bridgehead atoms. The lowest BCUT2D eigenvalue weighted by Gasteiger charge is -2.20. The highest BCUT2D eigenvalue weighted by Gasteiger charge is 2.28. The van der Waals surface area contributed by atoms with E-state index in [0.29, 0.717) is 19.1 Å². The fourth-order valence-electron chi connectivity index (χ4n) is 5.24. The summed E-state index contributed by atoms with van der Waals surface area (Å²) < 4.78 is 17.1. The molecule has 2 heterocycles. The minimum absolute atomic E-state index is 0.142. The zero-order valence-electron chi connectivity index (χ0n) is 25.5. The predicted octanol–water partition coefficient (Wildman–Crippen LogP) is 8.25. The van der Waals surface area contributed by atoms with Crippen molar-refractivity contribution >= 4 is 12.0 Å². The topological polar surface area (TPSA) is 78.0 Å². The molecule has 1 aliphatic rings. The number of carbonyl (C=O) groups is 2. The molecule has 0 unspecified atom stereocenters. The monoisotopic (exact) mass is 560 g/mol. The van der Waals surface area contributed by atoms with Gasteiger partial charge in [0.2, 0.25) is 5.91 Å². The van der Waals surface area contributed by atoms with Gasteiger partial charge in [-0.25, -0.2) is 9.69 Å². The molecule has 7 heteroatoms. The van der Waals surface area contributed by atoms with Gasteiger partial charge < -0.3 is 14.2 Å². The van der Waals surface area contributed by atoms with Crippen LogP contribution in [0.1, 0.15) is 129 Å². The van der Waals surface area contributed by atoms with Crippen LogP contribution >= 0.6 is 0 Å². The molecule has 1 fully saturated rings. The SMILES string of the molecule is CCCCCCCCCCCCCCCCCCOC[C@H]1CO[C@H](COC(=O)N(Cc2cccnc2)C(C)=O)C1. The average Bonchev–Trinajstić information content (AvgIpc) is 3.42. The lowest BCUT2D eigenvalue weighted by Crippen LogP contribution is -2.36. The van der Waals surface area contributed by atoms with Crippen LogP contribution in [-0.2, 0) is 25.5 Å². The number of nitrogens with zero attached hydrogens (tertiary/aromatic N) is 2. The maximum Gasteiger partial charge on any atom is 0.416 e. The summed E-state index contributed by atoms with van der Waals surface area (Å²) in [4.78, 5) is 29.5. The van der Waals surface area contributed by atoms with Gasteiger partial charge in [0.25, 0.3) is 0 Å². The van der Waals surface area contributed by atoms with Crippen LogP contribution in [0.25, 0.3) is 0 Å². The van der Waals surface area contributed by atoms with E-state index in [4.69, 9.17) is 14.2 Å². The van der Waals surface area contributed by atoms with Crippen molar-refractivity contribution in [2.75, 3.05) is 26.4 Å². The van der Waals surface area contributed by atoms with Gasteiger partial charge >= 0.3 is 6.09 Å².